The molecular weight excluding hydrogens is 702 g/mol. The number of nitrogens with two attached hydrogens (primary N) is 2. The SMILES string of the molecule is CC(=O)Nc1cc(Br)cc2c1C=CC2.CC(=O)Nc1cc(Br)cc2c1ccn2-c1ccnc(N)n1.Nc1nccc(Cl)n1. The van der Waals surface area contributed by atoms with Gasteiger partial charge in [0.1, 0.15) is 11.0 Å². The lowest BCUT2D eigenvalue weighted by atomic mass is 10.1. The van der Waals surface area contributed by atoms with Crippen molar-refractivity contribution >= 4 is 95.5 Å². The summed E-state index contributed by atoms with van der Waals surface area (Å²) in [4.78, 5) is 37.6. The first-order valence-electron chi connectivity index (χ1n) is 12.7. The zero-order valence-electron chi connectivity index (χ0n) is 23.0. The average Bonchev–Trinajstić information content (AvgIpc) is 3.56. The van der Waals surface area contributed by atoms with Gasteiger partial charge in [-0.05, 0) is 54.4 Å². The second kappa shape index (κ2) is 14.2. The fourth-order valence-corrected chi connectivity index (χ4v) is 5.28. The van der Waals surface area contributed by atoms with Crippen LogP contribution in [-0.4, -0.2) is 36.3 Å². The Bertz CT molecular complexity index is 1830. The Morgan fingerprint density at radius 3 is 2.14 bits per heavy atom. The molecule has 0 saturated heterocycles. The van der Waals surface area contributed by atoms with Crippen LogP contribution in [0.2, 0.25) is 5.15 Å². The van der Waals surface area contributed by atoms with Gasteiger partial charge in [0.05, 0.1) is 11.2 Å². The Balaban J connectivity index is 0.000000165. The van der Waals surface area contributed by atoms with Gasteiger partial charge < -0.3 is 26.7 Å². The molecule has 2 amide bonds. The van der Waals surface area contributed by atoms with Crippen LogP contribution < -0.4 is 22.1 Å². The molecule has 3 aromatic heterocycles. The molecule has 2 aromatic carbocycles. The van der Waals surface area contributed by atoms with Gasteiger partial charge in [-0.25, -0.2) is 15.0 Å². The number of anilines is 4. The van der Waals surface area contributed by atoms with Gasteiger partial charge >= 0.3 is 0 Å². The van der Waals surface area contributed by atoms with Gasteiger partial charge in [0.2, 0.25) is 23.7 Å². The quantitative estimate of drug-likeness (QED) is 0.155. The summed E-state index contributed by atoms with van der Waals surface area (Å²) in [6.07, 6.45) is 10.1. The number of amides is 2. The Hall–Kier alpha value is -4.33. The van der Waals surface area contributed by atoms with Crippen LogP contribution in [0.3, 0.4) is 0 Å². The minimum atomic E-state index is -0.117. The molecule has 0 aliphatic heterocycles. The molecule has 11 nitrogen and oxygen atoms in total. The van der Waals surface area contributed by atoms with Crippen molar-refractivity contribution in [2.45, 2.75) is 20.3 Å². The normalized spacial score (nSPS) is 11.1. The summed E-state index contributed by atoms with van der Waals surface area (Å²) in [6, 6.07) is 13.1. The molecule has 5 aromatic rings. The smallest absolute Gasteiger partial charge is 0.221 e. The molecule has 1 aliphatic rings. The number of fused-ring (bicyclic) bond motifs is 2. The van der Waals surface area contributed by atoms with Crippen molar-refractivity contribution in [2.24, 2.45) is 0 Å². The van der Waals surface area contributed by atoms with E-state index in [-0.39, 0.29) is 23.7 Å². The number of aromatic nitrogens is 5. The van der Waals surface area contributed by atoms with Crippen molar-refractivity contribution in [1.29, 1.82) is 0 Å². The van der Waals surface area contributed by atoms with Gasteiger partial charge in [-0.3, -0.25) is 9.59 Å². The van der Waals surface area contributed by atoms with Crippen LogP contribution in [0, 0.1) is 0 Å². The second-order valence-corrected chi connectivity index (χ2v) is 11.3. The van der Waals surface area contributed by atoms with E-state index in [0.29, 0.717) is 11.0 Å². The van der Waals surface area contributed by atoms with Gasteiger partial charge in [0, 0.05) is 58.0 Å². The number of halogens is 3. The van der Waals surface area contributed by atoms with Crippen LogP contribution in [0.5, 0.6) is 0 Å². The fraction of sp³-hybridized carbons (Fsp3) is 0.103. The van der Waals surface area contributed by atoms with E-state index in [4.69, 9.17) is 23.1 Å². The monoisotopic (exact) mass is 725 g/mol. The van der Waals surface area contributed by atoms with Crippen molar-refractivity contribution < 1.29 is 9.59 Å². The number of allylic oxidation sites excluding steroid dienone is 1. The number of benzene rings is 2. The van der Waals surface area contributed by atoms with Crippen molar-refractivity contribution in [3.8, 4) is 5.82 Å². The van der Waals surface area contributed by atoms with E-state index in [1.54, 1.807) is 18.3 Å². The van der Waals surface area contributed by atoms with E-state index >= 15 is 0 Å². The molecule has 0 bridgehead atoms. The maximum absolute atomic E-state index is 11.3. The lowest BCUT2D eigenvalue weighted by molar-refractivity contribution is -0.115. The van der Waals surface area contributed by atoms with E-state index in [1.165, 1.54) is 25.6 Å². The van der Waals surface area contributed by atoms with E-state index in [2.05, 4.69) is 74.6 Å². The Morgan fingerprint density at radius 1 is 0.884 bits per heavy atom. The molecule has 3 heterocycles. The van der Waals surface area contributed by atoms with Crippen molar-refractivity contribution in [2.75, 3.05) is 22.1 Å². The maximum atomic E-state index is 11.3. The average molecular weight is 728 g/mol. The topological polar surface area (TPSA) is 167 Å². The Kier molecular flexibility index (Phi) is 10.5. The third-order valence-electron chi connectivity index (χ3n) is 5.79. The lowest BCUT2D eigenvalue weighted by Gasteiger charge is -2.08. The third-order valence-corrected chi connectivity index (χ3v) is 6.92. The molecule has 0 saturated carbocycles. The molecule has 0 spiro atoms. The summed E-state index contributed by atoms with van der Waals surface area (Å²) in [5.74, 6) is 0.937. The second-order valence-electron chi connectivity index (χ2n) is 9.08. The van der Waals surface area contributed by atoms with E-state index in [1.807, 2.05) is 41.1 Å². The first-order valence-corrected chi connectivity index (χ1v) is 14.6. The minimum Gasteiger partial charge on any atom is -0.368 e. The third kappa shape index (κ3) is 8.60. The molecule has 0 radical (unpaired) electrons. The zero-order valence-corrected chi connectivity index (χ0v) is 26.9. The summed E-state index contributed by atoms with van der Waals surface area (Å²) in [6.45, 7) is 3.00. The zero-order chi connectivity index (χ0) is 31.1. The fourth-order valence-electron chi connectivity index (χ4n) is 4.19. The maximum Gasteiger partial charge on any atom is 0.221 e. The van der Waals surface area contributed by atoms with Gasteiger partial charge in [0.15, 0.2) is 0 Å². The van der Waals surface area contributed by atoms with E-state index < -0.39 is 0 Å². The van der Waals surface area contributed by atoms with Crippen molar-refractivity contribution in [3.05, 3.63) is 92.4 Å². The molecular formula is C29H26Br2ClN9O2. The first-order chi connectivity index (χ1) is 20.5. The number of rotatable bonds is 3. The van der Waals surface area contributed by atoms with Gasteiger partial charge in [-0.2, -0.15) is 4.98 Å². The summed E-state index contributed by atoms with van der Waals surface area (Å²) >= 11 is 12.3. The van der Waals surface area contributed by atoms with Crippen molar-refractivity contribution in [1.82, 2.24) is 24.5 Å². The molecule has 6 rings (SSSR count). The molecule has 0 unspecified atom stereocenters. The summed E-state index contributed by atoms with van der Waals surface area (Å²) < 4.78 is 3.76. The number of hydrogen-bond acceptors (Lipinski definition) is 8. The lowest BCUT2D eigenvalue weighted by Crippen LogP contribution is -2.07. The van der Waals surface area contributed by atoms with Crippen LogP contribution in [0.25, 0.3) is 22.8 Å². The highest BCUT2D eigenvalue weighted by Gasteiger charge is 2.12. The predicted molar refractivity (Wildman–Crippen MR) is 178 cm³/mol. The summed E-state index contributed by atoms with van der Waals surface area (Å²) in [5, 5.41) is 6.95. The molecule has 0 fully saturated rings. The van der Waals surface area contributed by atoms with Gasteiger partial charge in [-0.15, -0.1) is 0 Å². The predicted octanol–water partition coefficient (Wildman–Crippen LogP) is 6.41. The molecule has 6 N–H and O–H groups in total. The summed E-state index contributed by atoms with van der Waals surface area (Å²) in [7, 11) is 0. The Morgan fingerprint density at radius 2 is 1.51 bits per heavy atom. The number of carbonyl (C=O) groups is 2. The molecule has 0 atom stereocenters. The first kappa shape index (κ1) is 31.6. The van der Waals surface area contributed by atoms with Crippen LogP contribution in [0.15, 0.2) is 76.1 Å². The van der Waals surface area contributed by atoms with Crippen LogP contribution in [0.1, 0.15) is 25.0 Å². The molecule has 14 heteroatoms. The van der Waals surface area contributed by atoms with Crippen LogP contribution in [-0.2, 0) is 16.0 Å². The van der Waals surface area contributed by atoms with Crippen molar-refractivity contribution in [3.63, 3.8) is 0 Å². The minimum absolute atomic E-state index is 0.0365. The highest BCUT2D eigenvalue weighted by molar-refractivity contribution is 9.10. The summed E-state index contributed by atoms with van der Waals surface area (Å²) in [5.41, 5.74) is 15.7. The highest BCUT2D eigenvalue weighted by atomic mass is 79.9. The number of carbonyl (C=O) groups excluding carboxylic acids is 2. The Labute approximate surface area is 269 Å². The molecule has 1 aliphatic carbocycles. The number of nitrogens with zero attached hydrogens (tertiary/aromatic N) is 5. The van der Waals surface area contributed by atoms with E-state index in [0.717, 1.165) is 43.2 Å². The standard InChI is InChI=1S/C14H12BrN5O.C11H10BrNO.C4H4ClN3/c1-8(21)18-11-6-9(15)7-12-10(11)3-5-20(12)13-2-4-17-14(16)19-13;1-7(14)13-11-6-9(12)5-8-3-2-4-10(8)11;5-3-1-2-7-4(6)8-3/h2-7H,1H3,(H,18,21)(H2,16,17,19);2,4-6H,3H2,1H3,(H,13,14);1-2H,(H2,6,7,8). The molecule has 220 valence electrons. The highest BCUT2D eigenvalue weighted by Crippen LogP contribution is 2.32. The van der Waals surface area contributed by atoms with Crippen LogP contribution in [0.4, 0.5) is 23.3 Å². The number of nitrogens with one attached hydrogen (secondary N) is 2. The van der Waals surface area contributed by atoms with Gasteiger partial charge in [-0.1, -0.05) is 55.6 Å². The largest absolute Gasteiger partial charge is 0.368 e. The van der Waals surface area contributed by atoms with E-state index in [9.17, 15) is 9.59 Å². The van der Waals surface area contributed by atoms with Crippen LogP contribution >= 0.6 is 43.5 Å². The number of nitrogen functional groups attached to an aromatic ring is 2. The van der Waals surface area contributed by atoms with Gasteiger partial charge in [0.25, 0.3) is 0 Å². The number of hydrogen-bond donors (Lipinski definition) is 4. The molecule has 43 heavy (non-hydrogen) atoms.